The van der Waals surface area contributed by atoms with Crippen molar-refractivity contribution in [3.63, 3.8) is 0 Å². The number of hydrogen-bond donors (Lipinski definition) is 2. The fraction of sp³-hybridized carbons (Fsp3) is 0.500. The topological polar surface area (TPSA) is 57.5 Å². The van der Waals surface area contributed by atoms with Crippen LogP contribution < -0.4 is 0 Å². The molecule has 0 aromatic heterocycles. The van der Waals surface area contributed by atoms with E-state index in [9.17, 15) is 9.90 Å². The van der Waals surface area contributed by atoms with E-state index in [0.29, 0.717) is 0 Å². The summed E-state index contributed by atoms with van der Waals surface area (Å²) in [5, 5.41) is 19.1. The Balaban J connectivity index is 2.83. The molecule has 3 nitrogen and oxygen atoms in total. The second kappa shape index (κ2) is 6.52. The predicted octanol–water partition coefficient (Wildman–Crippen LogP) is 3.30. The number of aliphatic hydroxyl groups excluding tert-OH is 1. The van der Waals surface area contributed by atoms with Crippen molar-refractivity contribution in [2.24, 2.45) is 0 Å². The van der Waals surface area contributed by atoms with E-state index in [1.54, 1.807) is 26.0 Å². The largest absolute Gasteiger partial charge is 0.481 e. The average Bonchev–Trinajstić information content (AvgIpc) is 2.35. The minimum atomic E-state index is -0.897. The van der Waals surface area contributed by atoms with Crippen LogP contribution in [0.3, 0.4) is 0 Å². The lowest BCUT2D eigenvalue weighted by Gasteiger charge is -2.20. The first-order chi connectivity index (χ1) is 8.39. The van der Waals surface area contributed by atoms with Crippen molar-refractivity contribution >= 4 is 28.6 Å². The molecule has 0 aliphatic rings. The molecule has 0 aliphatic carbocycles. The molecule has 4 heteroatoms. The van der Waals surface area contributed by atoms with E-state index in [1.165, 1.54) is 0 Å². The van der Waals surface area contributed by atoms with Gasteiger partial charge in [-0.1, -0.05) is 46.9 Å². The van der Waals surface area contributed by atoms with Crippen LogP contribution in [0, 0.1) is 0 Å². The van der Waals surface area contributed by atoms with Crippen LogP contribution in [0.5, 0.6) is 0 Å². The molecule has 0 bridgehead atoms. The highest BCUT2D eigenvalue weighted by atomic mass is 127. The second-order valence-corrected chi connectivity index (χ2v) is 5.98. The Morgan fingerprint density at radius 3 is 2.33 bits per heavy atom. The molecular formula is C14H19IO3. The molecule has 0 aliphatic heterocycles. The van der Waals surface area contributed by atoms with Gasteiger partial charge in [0.25, 0.3) is 0 Å². The minimum Gasteiger partial charge on any atom is -0.481 e. The quantitative estimate of drug-likeness (QED) is 0.603. The van der Waals surface area contributed by atoms with Crippen molar-refractivity contribution in [3.05, 3.63) is 35.4 Å². The van der Waals surface area contributed by atoms with E-state index in [0.717, 1.165) is 28.4 Å². The molecule has 100 valence electrons. The third-order valence-corrected chi connectivity index (χ3v) is 3.93. The van der Waals surface area contributed by atoms with E-state index >= 15 is 0 Å². The predicted molar refractivity (Wildman–Crippen MR) is 80.2 cm³/mol. The zero-order valence-electron chi connectivity index (χ0n) is 10.7. The monoisotopic (exact) mass is 362 g/mol. The molecular weight excluding hydrogens is 343 g/mol. The van der Waals surface area contributed by atoms with Gasteiger partial charge in [0.15, 0.2) is 0 Å². The van der Waals surface area contributed by atoms with Crippen molar-refractivity contribution in [2.45, 2.75) is 38.2 Å². The van der Waals surface area contributed by atoms with Crippen LogP contribution in [0.1, 0.15) is 43.9 Å². The van der Waals surface area contributed by atoms with Gasteiger partial charge in [-0.3, -0.25) is 4.79 Å². The molecule has 18 heavy (non-hydrogen) atoms. The summed E-state index contributed by atoms with van der Waals surface area (Å²) in [6.07, 6.45) is 1.26. The summed E-state index contributed by atoms with van der Waals surface area (Å²) in [7, 11) is 0. The van der Waals surface area contributed by atoms with E-state index in [1.807, 2.05) is 12.1 Å². The Hall–Kier alpha value is -0.620. The fourth-order valence-corrected chi connectivity index (χ4v) is 2.12. The van der Waals surface area contributed by atoms with Gasteiger partial charge in [-0.05, 0) is 42.2 Å². The second-order valence-electron chi connectivity index (χ2n) is 4.90. The van der Waals surface area contributed by atoms with Crippen LogP contribution in [-0.4, -0.2) is 20.6 Å². The average molecular weight is 362 g/mol. The summed E-state index contributed by atoms with van der Waals surface area (Å²) < 4.78 is 1.03. The zero-order chi connectivity index (χ0) is 13.8. The van der Waals surface area contributed by atoms with E-state index in [2.05, 4.69) is 22.6 Å². The molecule has 2 N–H and O–H groups in total. The third-order valence-electron chi connectivity index (χ3n) is 3.16. The SMILES string of the molecule is CC(C)(C(=O)O)c1ccc(C(O)CCCI)cc1. The van der Waals surface area contributed by atoms with E-state index in [4.69, 9.17) is 5.11 Å². The molecule has 1 aromatic rings. The third kappa shape index (κ3) is 3.68. The summed E-state index contributed by atoms with van der Waals surface area (Å²) in [5.74, 6) is -0.847. The number of alkyl halides is 1. The van der Waals surface area contributed by atoms with E-state index < -0.39 is 17.5 Å². The molecule has 1 aromatic carbocycles. The number of hydrogen-bond acceptors (Lipinski definition) is 2. The van der Waals surface area contributed by atoms with Crippen molar-refractivity contribution < 1.29 is 15.0 Å². The first kappa shape index (κ1) is 15.4. The van der Waals surface area contributed by atoms with Crippen LogP contribution in [0.15, 0.2) is 24.3 Å². The molecule has 0 saturated carbocycles. The number of rotatable bonds is 6. The maximum Gasteiger partial charge on any atom is 0.313 e. The van der Waals surface area contributed by atoms with Crippen molar-refractivity contribution in [2.75, 3.05) is 4.43 Å². The molecule has 0 spiro atoms. The molecule has 1 atom stereocenters. The summed E-state index contributed by atoms with van der Waals surface area (Å²) in [4.78, 5) is 11.1. The number of carbonyl (C=O) groups is 1. The molecule has 1 rings (SSSR count). The van der Waals surface area contributed by atoms with Crippen LogP contribution in [0.25, 0.3) is 0 Å². The lowest BCUT2D eigenvalue weighted by atomic mass is 9.84. The maximum absolute atomic E-state index is 11.1. The molecule has 0 saturated heterocycles. The minimum absolute atomic E-state index is 0.457. The smallest absolute Gasteiger partial charge is 0.313 e. The number of carboxylic acid groups (broad SMARTS) is 1. The Labute approximate surface area is 121 Å². The molecule has 0 heterocycles. The Kier molecular flexibility index (Phi) is 5.59. The highest BCUT2D eigenvalue weighted by molar-refractivity contribution is 14.1. The van der Waals surface area contributed by atoms with Crippen LogP contribution >= 0.6 is 22.6 Å². The number of aliphatic hydroxyl groups is 1. The Morgan fingerprint density at radius 1 is 1.33 bits per heavy atom. The summed E-state index contributed by atoms with van der Waals surface area (Å²) in [5.41, 5.74) is 0.704. The van der Waals surface area contributed by atoms with Gasteiger partial charge in [-0.15, -0.1) is 0 Å². The lowest BCUT2D eigenvalue weighted by molar-refractivity contribution is -0.142. The number of aliphatic carboxylic acids is 1. The molecule has 0 fully saturated rings. The van der Waals surface area contributed by atoms with Gasteiger partial charge >= 0.3 is 5.97 Å². The van der Waals surface area contributed by atoms with Crippen molar-refractivity contribution in [1.29, 1.82) is 0 Å². The normalized spacial score (nSPS) is 13.3. The van der Waals surface area contributed by atoms with Crippen LogP contribution in [0.4, 0.5) is 0 Å². The van der Waals surface area contributed by atoms with Gasteiger partial charge < -0.3 is 10.2 Å². The van der Waals surface area contributed by atoms with Gasteiger partial charge in [-0.2, -0.15) is 0 Å². The van der Waals surface area contributed by atoms with Gasteiger partial charge in [0, 0.05) is 0 Å². The number of carboxylic acids is 1. The van der Waals surface area contributed by atoms with Crippen LogP contribution in [0.2, 0.25) is 0 Å². The van der Waals surface area contributed by atoms with Crippen molar-refractivity contribution in [1.82, 2.24) is 0 Å². The zero-order valence-corrected chi connectivity index (χ0v) is 12.8. The fourth-order valence-electron chi connectivity index (χ4n) is 1.68. The highest BCUT2D eigenvalue weighted by Crippen LogP contribution is 2.26. The molecule has 0 amide bonds. The standard InChI is InChI=1S/C14H19IO3/c1-14(2,13(17)18)11-7-5-10(6-8-11)12(16)4-3-9-15/h5-8,12,16H,3-4,9H2,1-2H3,(H,17,18). The van der Waals surface area contributed by atoms with Gasteiger partial charge in [0.1, 0.15) is 0 Å². The maximum atomic E-state index is 11.1. The van der Waals surface area contributed by atoms with Gasteiger partial charge in [0.05, 0.1) is 11.5 Å². The molecule has 1 unspecified atom stereocenters. The first-order valence-electron chi connectivity index (χ1n) is 5.97. The Bertz CT molecular complexity index is 398. The summed E-state index contributed by atoms with van der Waals surface area (Å²) in [6, 6.07) is 7.21. The highest BCUT2D eigenvalue weighted by Gasteiger charge is 2.29. The number of benzene rings is 1. The van der Waals surface area contributed by atoms with Gasteiger partial charge in [-0.25, -0.2) is 0 Å². The summed E-state index contributed by atoms with van der Waals surface area (Å²) in [6.45, 7) is 3.35. The van der Waals surface area contributed by atoms with Gasteiger partial charge in [0.2, 0.25) is 0 Å². The van der Waals surface area contributed by atoms with Crippen LogP contribution in [-0.2, 0) is 10.2 Å². The molecule has 0 radical (unpaired) electrons. The summed E-state index contributed by atoms with van der Waals surface area (Å²) >= 11 is 2.29. The number of halogens is 1. The lowest BCUT2D eigenvalue weighted by Crippen LogP contribution is -2.28. The van der Waals surface area contributed by atoms with Crippen molar-refractivity contribution in [3.8, 4) is 0 Å². The first-order valence-corrected chi connectivity index (χ1v) is 7.50. The van der Waals surface area contributed by atoms with E-state index in [-0.39, 0.29) is 0 Å². The Morgan fingerprint density at radius 2 is 1.89 bits per heavy atom.